The number of hydrogen-bond acceptors (Lipinski definition) is 3. The molecule has 3 aromatic rings. The van der Waals surface area contributed by atoms with Gasteiger partial charge in [-0.15, -0.1) is 0 Å². The summed E-state index contributed by atoms with van der Waals surface area (Å²) in [5, 5.41) is 0.621. The van der Waals surface area contributed by atoms with Crippen molar-refractivity contribution in [3.05, 3.63) is 88.4 Å². The van der Waals surface area contributed by atoms with Gasteiger partial charge < -0.3 is 14.5 Å². The molecule has 0 fully saturated rings. The molecule has 2 heterocycles. The van der Waals surface area contributed by atoms with Gasteiger partial charge in [0.05, 0.1) is 12.6 Å². The molecule has 0 saturated carbocycles. The van der Waals surface area contributed by atoms with Crippen LogP contribution >= 0.6 is 11.6 Å². The molecule has 2 aliphatic heterocycles. The summed E-state index contributed by atoms with van der Waals surface area (Å²) in [7, 11) is 0. The van der Waals surface area contributed by atoms with Crippen molar-refractivity contribution in [2.45, 2.75) is 38.8 Å². The van der Waals surface area contributed by atoms with Gasteiger partial charge >= 0.3 is 0 Å². The molecule has 2 amide bonds. The van der Waals surface area contributed by atoms with Gasteiger partial charge in [-0.25, -0.2) is 0 Å². The number of ether oxygens (including phenoxy) is 1. The molecule has 33 heavy (non-hydrogen) atoms. The molecule has 0 radical (unpaired) electrons. The predicted octanol–water partition coefficient (Wildman–Crippen LogP) is 5.81. The Labute approximate surface area is 198 Å². The number of carbonyl (C=O) groups excluding carboxylic acids is 2. The Morgan fingerprint density at radius 1 is 1.06 bits per heavy atom. The van der Waals surface area contributed by atoms with Gasteiger partial charge in [-0.1, -0.05) is 29.8 Å². The van der Waals surface area contributed by atoms with Gasteiger partial charge in [0.25, 0.3) is 5.91 Å². The standard InChI is InChI=1S/C27H25ClN2O3/c1-17-15-25(30(18(2)31)22-10-8-21(28)9-11-22)23-5-3-4-6-24(23)29(17)27(32)20-7-12-26-19(16-20)13-14-33-26/h3-12,16-17,25H,13-15H2,1-2H3. The number of para-hydroxylation sites is 1. The molecule has 6 heteroatoms. The van der Waals surface area contributed by atoms with Crippen molar-refractivity contribution in [3.8, 4) is 5.75 Å². The summed E-state index contributed by atoms with van der Waals surface area (Å²) in [6, 6.07) is 20.5. The third-order valence-electron chi connectivity index (χ3n) is 6.47. The van der Waals surface area contributed by atoms with Gasteiger partial charge in [-0.2, -0.15) is 0 Å². The van der Waals surface area contributed by atoms with Crippen LogP contribution in [0.4, 0.5) is 11.4 Å². The summed E-state index contributed by atoms with van der Waals surface area (Å²) < 4.78 is 5.60. The molecule has 5 nitrogen and oxygen atoms in total. The summed E-state index contributed by atoms with van der Waals surface area (Å²) in [6.45, 7) is 4.27. The lowest BCUT2D eigenvalue weighted by Gasteiger charge is -2.43. The number of carbonyl (C=O) groups is 2. The zero-order valence-electron chi connectivity index (χ0n) is 18.6. The molecule has 0 N–H and O–H groups in total. The number of amides is 2. The van der Waals surface area contributed by atoms with E-state index in [2.05, 4.69) is 0 Å². The van der Waals surface area contributed by atoms with Crippen molar-refractivity contribution >= 4 is 34.8 Å². The maximum Gasteiger partial charge on any atom is 0.258 e. The van der Waals surface area contributed by atoms with E-state index in [1.54, 1.807) is 24.0 Å². The van der Waals surface area contributed by atoms with E-state index in [-0.39, 0.29) is 23.9 Å². The maximum atomic E-state index is 13.7. The normalized spacial score (nSPS) is 18.8. The van der Waals surface area contributed by atoms with E-state index in [9.17, 15) is 9.59 Å². The fourth-order valence-electron chi connectivity index (χ4n) is 4.98. The summed E-state index contributed by atoms with van der Waals surface area (Å²) in [5.74, 6) is 0.769. The molecule has 0 aromatic heterocycles. The largest absolute Gasteiger partial charge is 0.493 e. The average Bonchev–Trinajstić information content (AvgIpc) is 3.28. The Hall–Kier alpha value is -3.31. The SMILES string of the molecule is CC(=O)N(c1ccc(Cl)cc1)C1CC(C)N(C(=O)c2ccc3c(c2)CCO3)c2ccccc21. The van der Waals surface area contributed by atoms with Crippen LogP contribution in [0.2, 0.25) is 5.02 Å². The first kappa shape index (κ1) is 21.5. The molecule has 0 saturated heterocycles. The molecule has 2 atom stereocenters. The van der Waals surface area contributed by atoms with Crippen molar-refractivity contribution in [2.75, 3.05) is 16.4 Å². The lowest BCUT2D eigenvalue weighted by molar-refractivity contribution is -0.117. The van der Waals surface area contributed by atoms with E-state index in [1.165, 1.54) is 0 Å². The highest BCUT2D eigenvalue weighted by Crippen LogP contribution is 2.43. The highest BCUT2D eigenvalue weighted by atomic mass is 35.5. The van der Waals surface area contributed by atoms with Crippen LogP contribution in [0.15, 0.2) is 66.7 Å². The number of nitrogens with zero attached hydrogens (tertiary/aromatic N) is 2. The van der Waals surface area contributed by atoms with Crippen molar-refractivity contribution in [1.82, 2.24) is 0 Å². The van der Waals surface area contributed by atoms with Gasteiger partial charge in [-0.05, 0) is 73.0 Å². The van der Waals surface area contributed by atoms with Crippen molar-refractivity contribution < 1.29 is 14.3 Å². The van der Waals surface area contributed by atoms with Crippen LogP contribution in [0, 0.1) is 0 Å². The molecule has 3 aromatic carbocycles. The van der Waals surface area contributed by atoms with Crippen LogP contribution in [0.3, 0.4) is 0 Å². The molecular formula is C27H25ClN2O3. The Morgan fingerprint density at radius 2 is 1.82 bits per heavy atom. The van der Waals surface area contributed by atoms with Crippen LogP contribution in [0.25, 0.3) is 0 Å². The van der Waals surface area contributed by atoms with Crippen molar-refractivity contribution in [1.29, 1.82) is 0 Å². The highest BCUT2D eigenvalue weighted by Gasteiger charge is 2.38. The van der Waals surface area contributed by atoms with Gasteiger partial charge in [0.15, 0.2) is 0 Å². The van der Waals surface area contributed by atoms with Crippen LogP contribution < -0.4 is 14.5 Å². The van der Waals surface area contributed by atoms with Crippen LogP contribution in [-0.4, -0.2) is 24.5 Å². The molecule has 5 rings (SSSR count). The predicted molar refractivity (Wildman–Crippen MR) is 130 cm³/mol. The second-order valence-corrected chi connectivity index (χ2v) is 9.06. The number of anilines is 2. The molecule has 2 unspecified atom stereocenters. The molecule has 0 aliphatic carbocycles. The topological polar surface area (TPSA) is 49.9 Å². The Kier molecular flexibility index (Phi) is 5.59. The summed E-state index contributed by atoms with van der Waals surface area (Å²) >= 11 is 6.08. The Morgan fingerprint density at radius 3 is 2.58 bits per heavy atom. The Bertz CT molecular complexity index is 1220. The number of rotatable bonds is 3. The minimum Gasteiger partial charge on any atom is -0.493 e. The summed E-state index contributed by atoms with van der Waals surface area (Å²) in [6.07, 6.45) is 1.44. The van der Waals surface area contributed by atoms with Gasteiger partial charge in [0, 0.05) is 41.3 Å². The van der Waals surface area contributed by atoms with Gasteiger partial charge in [-0.3, -0.25) is 9.59 Å². The third kappa shape index (κ3) is 3.87. The Balaban J connectivity index is 1.54. The zero-order valence-corrected chi connectivity index (χ0v) is 19.4. The molecule has 0 spiro atoms. The number of hydrogen-bond donors (Lipinski definition) is 0. The molecule has 168 valence electrons. The third-order valence-corrected chi connectivity index (χ3v) is 6.72. The van der Waals surface area contributed by atoms with E-state index in [0.29, 0.717) is 23.6 Å². The monoisotopic (exact) mass is 460 g/mol. The molecular weight excluding hydrogens is 436 g/mol. The van der Waals surface area contributed by atoms with E-state index >= 15 is 0 Å². The van der Waals surface area contributed by atoms with Gasteiger partial charge in [0.2, 0.25) is 5.91 Å². The quantitative estimate of drug-likeness (QED) is 0.495. The second kappa shape index (κ2) is 8.56. The van der Waals surface area contributed by atoms with Crippen LogP contribution in [0.1, 0.15) is 47.8 Å². The fraction of sp³-hybridized carbons (Fsp3) is 0.259. The van der Waals surface area contributed by atoms with E-state index in [1.807, 2.05) is 66.4 Å². The summed E-state index contributed by atoms with van der Waals surface area (Å²) in [5.41, 5.74) is 4.31. The smallest absolute Gasteiger partial charge is 0.258 e. The lowest BCUT2D eigenvalue weighted by atomic mass is 9.89. The average molecular weight is 461 g/mol. The van der Waals surface area contributed by atoms with Crippen molar-refractivity contribution in [3.63, 3.8) is 0 Å². The van der Waals surface area contributed by atoms with E-state index in [0.717, 1.165) is 34.7 Å². The minimum absolute atomic E-state index is 0.0380. The fourth-order valence-corrected chi connectivity index (χ4v) is 5.10. The highest BCUT2D eigenvalue weighted by molar-refractivity contribution is 6.30. The first-order valence-corrected chi connectivity index (χ1v) is 11.6. The number of halogens is 1. The molecule has 0 bridgehead atoms. The van der Waals surface area contributed by atoms with E-state index < -0.39 is 0 Å². The summed E-state index contributed by atoms with van der Waals surface area (Å²) in [4.78, 5) is 30.1. The minimum atomic E-state index is -0.188. The maximum absolute atomic E-state index is 13.7. The zero-order chi connectivity index (χ0) is 23.1. The van der Waals surface area contributed by atoms with Crippen LogP contribution in [-0.2, 0) is 11.2 Å². The van der Waals surface area contributed by atoms with E-state index in [4.69, 9.17) is 16.3 Å². The molecule has 2 aliphatic rings. The number of benzene rings is 3. The van der Waals surface area contributed by atoms with Crippen LogP contribution in [0.5, 0.6) is 5.75 Å². The second-order valence-electron chi connectivity index (χ2n) is 8.62. The van der Waals surface area contributed by atoms with Crippen molar-refractivity contribution in [2.24, 2.45) is 0 Å². The van der Waals surface area contributed by atoms with Gasteiger partial charge in [0.1, 0.15) is 5.75 Å². The lowest BCUT2D eigenvalue weighted by Crippen LogP contribution is -2.47. The first-order valence-electron chi connectivity index (χ1n) is 11.2. The number of fused-ring (bicyclic) bond motifs is 2. The first-order chi connectivity index (χ1) is 15.9.